The number of allylic oxidation sites excluding steroid dienone is 2. The molecule has 0 unspecified atom stereocenters. The van der Waals surface area contributed by atoms with E-state index in [4.69, 9.17) is 37.4 Å². The molecule has 0 aromatic heterocycles. The van der Waals surface area contributed by atoms with E-state index in [1.54, 1.807) is 67.6 Å². The van der Waals surface area contributed by atoms with Crippen molar-refractivity contribution < 1.29 is 43.3 Å². The number of phenolic OH excluding ortho intramolecular Hbond substituents is 1. The van der Waals surface area contributed by atoms with E-state index in [2.05, 4.69) is 5.43 Å². The number of rotatable bonds is 7. The van der Waals surface area contributed by atoms with Crippen molar-refractivity contribution in [3.05, 3.63) is 93.5 Å². The van der Waals surface area contributed by atoms with Crippen LogP contribution in [0.4, 0.5) is 10.5 Å². The van der Waals surface area contributed by atoms with E-state index in [9.17, 15) is 24.3 Å². The minimum Gasteiger partial charge on any atom is -0.504 e. The molecule has 3 aromatic rings. The number of nitrogens with zero attached hydrogens (tertiary/aromatic N) is 2. The number of halogens is 2. The molecule has 264 valence electrons. The Morgan fingerprint density at radius 3 is 2.39 bits per heavy atom. The molecule has 2 saturated heterocycles. The molecule has 2 aliphatic heterocycles. The number of para-hydroxylation sites is 1. The van der Waals surface area contributed by atoms with Crippen molar-refractivity contribution in [2.45, 2.75) is 31.1 Å². The van der Waals surface area contributed by atoms with Crippen molar-refractivity contribution in [3.63, 3.8) is 0 Å². The topological polar surface area (TPSA) is 152 Å². The van der Waals surface area contributed by atoms with E-state index in [-0.39, 0.29) is 47.2 Å². The Bertz CT molecular complexity index is 2020. The van der Waals surface area contributed by atoms with Gasteiger partial charge in [0.05, 0.1) is 54.7 Å². The molecular formula is C37H33Cl2N3O9. The molecule has 3 aromatic carbocycles. The number of methoxy groups -OCH3 is 2. The van der Waals surface area contributed by atoms with Crippen LogP contribution in [0.25, 0.3) is 0 Å². The maximum absolute atomic E-state index is 15.3. The molecule has 14 heteroatoms. The van der Waals surface area contributed by atoms with Crippen molar-refractivity contribution in [1.82, 2.24) is 9.91 Å². The number of ether oxygens (including phenoxy) is 3. The van der Waals surface area contributed by atoms with Gasteiger partial charge in [-0.15, -0.1) is 0 Å². The second kappa shape index (κ2) is 12.9. The normalized spacial score (nSPS) is 26.7. The zero-order valence-corrected chi connectivity index (χ0v) is 29.2. The van der Waals surface area contributed by atoms with Crippen LogP contribution in [0, 0.1) is 23.7 Å². The SMILES string of the molecule is CCOc1cccc([C@H]2C3=CC[C@@H]4C(=O)N(C(=O)OC)C(=O)[C@@H]4[C@@H]3C[C@H]3C(=O)N(Nc4ccc(Cl)cc4Cl)C(=O)[C@@]23c2ccc(OC)cc2)c1O. The number of fused-ring (bicyclic) bond motifs is 4. The highest BCUT2D eigenvalue weighted by Gasteiger charge is 2.71. The number of hydrazine groups is 1. The molecular weight excluding hydrogens is 701 g/mol. The van der Waals surface area contributed by atoms with Crippen LogP contribution in [0.2, 0.25) is 10.0 Å². The second-order valence-electron chi connectivity index (χ2n) is 12.8. The number of amides is 5. The Morgan fingerprint density at radius 1 is 0.980 bits per heavy atom. The summed E-state index contributed by atoms with van der Waals surface area (Å²) < 4.78 is 16.0. The first-order valence-corrected chi connectivity index (χ1v) is 17.1. The van der Waals surface area contributed by atoms with Crippen molar-refractivity contribution in [2.24, 2.45) is 23.7 Å². The predicted molar refractivity (Wildman–Crippen MR) is 184 cm³/mol. The van der Waals surface area contributed by atoms with E-state index >= 15 is 4.79 Å². The predicted octanol–water partition coefficient (Wildman–Crippen LogP) is 5.86. The Kier molecular flexibility index (Phi) is 8.71. The molecule has 0 spiro atoms. The van der Waals surface area contributed by atoms with Crippen LogP contribution in [-0.4, -0.2) is 65.6 Å². The Hall–Kier alpha value is -5.07. The zero-order valence-electron chi connectivity index (χ0n) is 27.7. The standard InChI is InChI=1S/C37H33Cl2N3O9/c1-4-51-28-7-5-6-23(31(28)43)30-21-13-14-22-29(34(46)41(32(22)44)36(48)50-3)24(21)17-25-33(45)42(40-27-15-10-19(38)16-26(27)39)35(47)37(25,30)18-8-11-20(49-2)12-9-18/h5-13,15-16,22,24-25,29-30,40,43H,4,14,17H2,1-3H3/t22-,24+,25-,29-,30+,37+/m0/s1. The number of carbonyl (C=O) groups excluding carboxylic acids is 5. The number of imide groups is 4. The van der Waals surface area contributed by atoms with E-state index in [0.717, 1.165) is 12.1 Å². The maximum Gasteiger partial charge on any atom is 0.423 e. The third-order valence-corrected chi connectivity index (χ3v) is 11.1. The summed E-state index contributed by atoms with van der Waals surface area (Å²) in [5.74, 6) is -7.12. The number of likely N-dealkylation sites (tertiary alicyclic amines) is 1. The third kappa shape index (κ3) is 5.06. The summed E-state index contributed by atoms with van der Waals surface area (Å²) in [4.78, 5) is 70.8. The van der Waals surface area contributed by atoms with Gasteiger partial charge < -0.3 is 19.3 Å². The van der Waals surface area contributed by atoms with Gasteiger partial charge >= 0.3 is 6.09 Å². The summed E-state index contributed by atoms with van der Waals surface area (Å²) in [6.07, 6.45) is 0.753. The molecule has 7 rings (SSSR count). The van der Waals surface area contributed by atoms with Crippen LogP contribution in [0.1, 0.15) is 36.8 Å². The molecule has 4 aliphatic rings. The molecule has 51 heavy (non-hydrogen) atoms. The van der Waals surface area contributed by atoms with Crippen LogP contribution < -0.4 is 14.9 Å². The van der Waals surface area contributed by atoms with Crippen LogP contribution in [0.5, 0.6) is 17.2 Å². The van der Waals surface area contributed by atoms with Crippen molar-refractivity contribution in [3.8, 4) is 17.2 Å². The van der Waals surface area contributed by atoms with Gasteiger partial charge in [0.1, 0.15) is 5.75 Å². The molecule has 2 heterocycles. The van der Waals surface area contributed by atoms with Gasteiger partial charge in [-0.25, -0.2) is 4.79 Å². The van der Waals surface area contributed by atoms with Crippen LogP contribution in [0.3, 0.4) is 0 Å². The summed E-state index contributed by atoms with van der Waals surface area (Å²) in [5, 5.41) is 13.3. The molecule has 2 aliphatic carbocycles. The summed E-state index contributed by atoms with van der Waals surface area (Å²) in [7, 11) is 2.59. The number of benzene rings is 3. The van der Waals surface area contributed by atoms with E-state index in [0.29, 0.717) is 26.8 Å². The lowest BCUT2D eigenvalue weighted by atomic mass is 9.49. The maximum atomic E-state index is 15.3. The lowest BCUT2D eigenvalue weighted by molar-refractivity contribution is -0.140. The minimum absolute atomic E-state index is 0.0351. The smallest absolute Gasteiger partial charge is 0.423 e. The number of phenols is 1. The summed E-state index contributed by atoms with van der Waals surface area (Å²) in [6.45, 7) is 2.00. The highest BCUT2D eigenvalue weighted by Crippen LogP contribution is 2.65. The number of hydrogen-bond acceptors (Lipinski definition) is 10. The summed E-state index contributed by atoms with van der Waals surface area (Å²) in [6, 6.07) is 16.3. The average Bonchev–Trinajstić information content (AvgIpc) is 3.51. The summed E-state index contributed by atoms with van der Waals surface area (Å²) >= 11 is 12.6. The quantitative estimate of drug-likeness (QED) is 0.223. The molecule has 2 N–H and O–H groups in total. The first kappa shape index (κ1) is 34.4. The van der Waals surface area contributed by atoms with Gasteiger partial charge in [-0.1, -0.05) is 59.1 Å². The number of aromatic hydroxyl groups is 1. The van der Waals surface area contributed by atoms with Gasteiger partial charge in [0, 0.05) is 16.5 Å². The number of hydrogen-bond donors (Lipinski definition) is 2. The highest BCUT2D eigenvalue weighted by atomic mass is 35.5. The lowest BCUT2D eigenvalue weighted by Crippen LogP contribution is -2.53. The van der Waals surface area contributed by atoms with Gasteiger partial charge in [0.15, 0.2) is 11.5 Å². The Balaban J connectivity index is 1.48. The third-order valence-electron chi connectivity index (χ3n) is 10.6. The number of nitrogens with one attached hydrogen (secondary N) is 1. The first-order valence-electron chi connectivity index (χ1n) is 16.3. The van der Waals surface area contributed by atoms with E-state index in [1.807, 2.05) is 0 Å². The second-order valence-corrected chi connectivity index (χ2v) is 13.7. The highest BCUT2D eigenvalue weighted by molar-refractivity contribution is 6.36. The number of anilines is 1. The van der Waals surface area contributed by atoms with Crippen LogP contribution >= 0.6 is 23.2 Å². The minimum atomic E-state index is -1.69. The fourth-order valence-electron chi connectivity index (χ4n) is 8.50. The van der Waals surface area contributed by atoms with Crippen molar-refractivity contribution in [1.29, 1.82) is 0 Å². The molecule has 0 bridgehead atoms. The molecule has 12 nitrogen and oxygen atoms in total. The largest absolute Gasteiger partial charge is 0.504 e. The van der Waals surface area contributed by atoms with Gasteiger partial charge in [-0.05, 0) is 67.6 Å². The average molecular weight is 735 g/mol. The Labute approximate surface area is 302 Å². The van der Waals surface area contributed by atoms with E-state index < -0.39 is 64.7 Å². The van der Waals surface area contributed by atoms with Gasteiger partial charge in [-0.2, -0.15) is 9.91 Å². The Morgan fingerprint density at radius 2 is 1.73 bits per heavy atom. The van der Waals surface area contributed by atoms with Gasteiger partial charge in [0.2, 0.25) is 11.8 Å². The fraction of sp³-hybridized carbons (Fsp3) is 0.324. The van der Waals surface area contributed by atoms with Crippen molar-refractivity contribution >= 4 is 58.6 Å². The van der Waals surface area contributed by atoms with Crippen molar-refractivity contribution in [2.75, 3.05) is 26.3 Å². The monoisotopic (exact) mass is 733 g/mol. The zero-order chi connectivity index (χ0) is 36.4. The molecule has 6 atom stereocenters. The molecule has 5 amide bonds. The summed E-state index contributed by atoms with van der Waals surface area (Å²) in [5.41, 5.74) is 2.78. The van der Waals surface area contributed by atoms with Crippen LogP contribution in [-0.2, 0) is 29.3 Å². The lowest BCUT2D eigenvalue weighted by Gasteiger charge is -2.50. The molecule has 3 fully saturated rings. The van der Waals surface area contributed by atoms with Crippen LogP contribution in [0.15, 0.2) is 72.3 Å². The molecule has 1 saturated carbocycles. The first-order chi connectivity index (χ1) is 24.5. The fourth-order valence-corrected chi connectivity index (χ4v) is 8.95. The number of carbonyl (C=O) groups is 5. The molecule has 0 radical (unpaired) electrons. The van der Waals surface area contributed by atoms with Gasteiger partial charge in [0.25, 0.3) is 11.8 Å². The van der Waals surface area contributed by atoms with Gasteiger partial charge in [-0.3, -0.25) is 24.6 Å². The van der Waals surface area contributed by atoms with E-state index in [1.165, 1.54) is 13.2 Å².